The maximum Gasteiger partial charge on any atom is 0.301 e. The molecule has 20 heavy (non-hydrogen) atoms. The van der Waals surface area contributed by atoms with Gasteiger partial charge in [0.05, 0.1) is 5.69 Å². The second-order valence-corrected chi connectivity index (χ2v) is 6.84. The van der Waals surface area contributed by atoms with E-state index in [1.54, 1.807) is 6.92 Å². The molecule has 1 saturated heterocycles. The van der Waals surface area contributed by atoms with Gasteiger partial charge in [0.15, 0.2) is 0 Å². The number of nitrogens with two attached hydrogens (primary N) is 1. The number of hydrogen-bond donors (Lipinski definition) is 2. The van der Waals surface area contributed by atoms with Gasteiger partial charge in [-0.3, -0.25) is 4.72 Å². The van der Waals surface area contributed by atoms with Crippen molar-refractivity contribution in [3.8, 4) is 0 Å². The van der Waals surface area contributed by atoms with E-state index >= 15 is 0 Å². The van der Waals surface area contributed by atoms with E-state index in [1.807, 2.05) is 0 Å². The Labute approximate surface area is 119 Å². The summed E-state index contributed by atoms with van der Waals surface area (Å²) in [7, 11) is -3.60. The van der Waals surface area contributed by atoms with E-state index in [9.17, 15) is 12.8 Å². The summed E-state index contributed by atoms with van der Waals surface area (Å²) in [6.07, 6.45) is 1.77. The van der Waals surface area contributed by atoms with Crippen molar-refractivity contribution < 1.29 is 12.8 Å². The highest BCUT2D eigenvalue weighted by atomic mass is 32.2. The van der Waals surface area contributed by atoms with Gasteiger partial charge in [-0.05, 0) is 56.0 Å². The van der Waals surface area contributed by atoms with Crippen LogP contribution in [-0.4, -0.2) is 32.4 Å². The fourth-order valence-corrected chi connectivity index (χ4v) is 3.69. The first-order valence-electron chi connectivity index (χ1n) is 6.66. The van der Waals surface area contributed by atoms with E-state index in [2.05, 4.69) is 4.72 Å². The van der Waals surface area contributed by atoms with E-state index in [-0.39, 0.29) is 11.7 Å². The van der Waals surface area contributed by atoms with Gasteiger partial charge in [0, 0.05) is 13.1 Å². The van der Waals surface area contributed by atoms with Crippen LogP contribution < -0.4 is 10.5 Å². The fraction of sp³-hybridized carbons (Fsp3) is 0.538. The van der Waals surface area contributed by atoms with Gasteiger partial charge in [-0.1, -0.05) is 0 Å². The van der Waals surface area contributed by atoms with Gasteiger partial charge in [-0.15, -0.1) is 0 Å². The van der Waals surface area contributed by atoms with E-state index in [4.69, 9.17) is 5.73 Å². The predicted molar refractivity (Wildman–Crippen MR) is 77.0 cm³/mol. The Bertz CT molecular complexity index is 577. The van der Waals surface area contributed by atoms with Crippen molar-refractivity contribution in [2.75, 3.05) is 24.4 Å². The number of aryl methyl sites for hydroxylation is 1. The smallest absolute Gasteiger partial charge is 0.301 e. The van der Waals surface area contributed by atoms with E-state index in [1.165, 1.54) is 22.5 Å². The molecular formula is C13H20FN3O2S. The maximum absolute atomic E-state index is 13.2. The molecule has 0 amide bonds. The average molecular weight is 301 g/mol. The van der Waals surface area contributed by atoms with Gasteiger partial charge in [0.1, 0.15) is 5.82 Å². The normalized spacial score (nSPS) is 20.9. The van der Waals surface area contributed by atoms with Crippen LogP contribution in [0.4, 0.5) is 10.1 Å². The zero-order chi connectivity index (χ0) is 14.8. The van der Waals surface area contributed by atoms with Crippen LogP contribution in [0.25, 0.3) is 0 Å². The molecule has 1 fully saturated rings. The molecule has 112 valence electrons. The quantitative estimate of drug-likeness (QED) is 0.884. The monoisotopic (exact) mass is 301 g/mol. The Morgan fingerprint density at radius 1 is 1.50 bits per heavy atom. The lowest BCUT2D eigenvalue weighted by Gasteiger charge is -2.31. The molecule has 0 spiro atoms. The van der Waals surface area contributed by atoms with Crippen molar-refractivity contribution in [1.82, 2.24) is 4.31 Å². The molecule has 1 aromatic carbocycles. The summed E-state index contributed by atoms with van der Waals surface area (Å²) in [5.41, 5.74) is 6.39. The van der Waals surface area contributed by atoms with E-state index < -0.39 is 10.2 Å². The van der Waals surface area contributed by atoms with Crippen LogP contribution in [0.5, 0.6) is 0 Å². The lowest BCUT2D eigenvalue weighted by Crippen LogP contribution is -2.44. The molecular weight excluding hydrogens is 281 g/mol. The molecule has 1 aliphatic rings. The summed E-state index contributed by atoms with van der Waals surface area (Å²) >= 11 is 0. The summed E-state index contributed by atoms with van der Waals surface area (Å²) in [4.78, 5) is 0. The molecule has 7 heteroatoms. The third-order valence-electron chi connectivity index (χ3n) is 3.56. The van der Waals surface area contributed by atoms with Crippen molar-refractivity contribution in [2.45, 2.75) is 19.8 Å². The summed E-state index contributed by atoms with van der Waals surface area (Å²) < 4.78 is 41.7. The minimum atomic E-state index is -3.60. The Kier molecular flexibility index (Phi) is 4.62. The highest BCUT2D eigenvalue weighted by molar-refractivity contribution is 7.90. The highest BCUT2D eigenvalue weighted by Crippen LogP contribution is 2.21. The number of halogens is 1. The van der Waals surface area contributed by atoms with Crippen LogP contribution in [0.2, 0.25) is 0 Å². The topological polar surface area (TPSA) is 75.4 Å². The summed E-state index contributed by atoms with van der Waals surface area (Å²) in [6, 6.07) is 4.16. The highest BCUT2D eigenvalue weighted by Gasteiger charge is 2.28. The predicted octanol–water partition coefficient (Wildman–Crippen LogP) is 1.46. The molecule has 1 heterocycles. The molecule has 5 nitrogen and oxygen atoms in total. The minimum Gasteiger partial charge on any atom is -0.330 e. The maximum atomic E-state index is 13.2. The number of nitrogens with one attached hydrogen (secondary N) is 1. The molecule has 1 unspecified atom stereocenters. The van der Waals surface area contributed by atoms with Crippen LogP contribution in [0, 0.1) is 18.7 Å². The molecule has 0 aromatic heterocycles. The van der Waals surface area contributed by atoms with Crippen molar-refractivity contribution in [3.05, 3.63) is 29.6 Å². The number of benzene rings is 1. The van der Waals surface area contributed by atoms with Gasteiger partial charge in [0.25, 0.3) is 0 Å². The summed E-state index contributed by atoms with van der Waals surface area (Å²) in [6.45, 7) is 3.01. The Hall–Kier alpha value is -1.18. The van der Waals surface area contributed by atoms with Crippen LogP contribution in [0.3, 0.4) is 0 Å². The van der Waals surface area contributed by atoms with Gasteiger partial charge in [-0.2, -0.15) is 12.7 Å². The van der Waals surface area contributed by atoms with Crippen LogP contribution in [-0.2, 0) is 10.2 Å². The minimum absolute atomic E-state index is 0.204. The van der Waals surface area contributed by atoms with Gasteiger partial charge >= 0.3 is 10.2 Å². The van der Waals surface area contributed by atoms with Crippen LogP contribution in [0.1, 0.15) is 18.4 Å². The lowest BCUT2D eigenvalue weighted by atomic mass is 10.0. The number of rotatable bonds is 4. The van der Waals surface area contributed by atoms with Crippen molar-refractivity contribution >= 4 is 15.9 Å². The van der Waals surface area contributed by atoms with Crippen molar-refractivity contribution in [2.24, 2.45) is 11.7 Å². The second kappa shape index (κ2) is 6.07. The van der Waals surface area contributed by atoms with Crippen molar-refractivity contribution in [1.29, 1.82) is 0 Å². The molecule has 3 N–H and O–H groups in total. The standard InChI is InChI=1S/C13H20FN3O2S/c1-10-7-12(4-5-13(10)14)16-20(18,19)17-6-2-3-11(8-15)9-17/h4-5,7,11,16H,2-3,6,8-9,15H2,1H3. The van der Waals surface area contributed by atoms with E-state index in [0.29, 0.717) is 30.9 Å². The molecule has 0 radical (unpaired) electrons. The molecule has 0 saturated carbocycles. The third-order valence-corrected chi connectivity index (χ3v) is 5.06. The zero-order valence-electron chi connectivity index (χ0n) is 11.5. The third kappa shape index (κ3) is 3.47. The molecule has 0 aliphatic carbocycles. The van der Waals surface area contributed by atoms with Crippen LogP contribution >= 0.6 is 0 Å². The number of hydrogen-bond acceptors (Lipinski definition) is 3. The lowest BCUT2D eigenvalue weighted by molar-refractivity contribution is 0.273. The SMILES string of the molecule is Cc1cc(NS(=O)(=O)N2CCCC(CN)C2)ccc1F. The second-order valence-electron chi connectivity index (χ2n) is 5.17. The summed E-state index contributed by atoms with van der Waals surface area (Å²) in [5, 5.41) is 0. The fourth-order valence-electron chi connectivity index (χ4n) is 2.36. The number of piperidine rings is 1. The first-order chi connectivity index (χ1) is 9.42. The number of anilines is 1. The molecule has 1 atom stereocenters. The number of nitrogens with zero attached hydrogens (tertiary/aromatic N) is 1. The zero-order valence-corrected chi connectivity index (χ0v) is 12.3. The molecule has 1 aromatic rings. The van der Waals surface area contributed by atoms with Crippen LogP contribution in [0.15, 0.2) is 18.2 Å². The van der Waals surface area contributed by atoms with E-state index in [0.717, 1.165) is 12.8 Å². The molecule has 1 aliphatic heterocycles. The van der Waals surface area contributed by atoms with Crippen molar-refractivity contribution in [3.63, 3.8) is 0 Å². The first kappa shape index (κ1) is 15.2. The van der Waals surface area contributed by atoms with Gasteiger partial charge < -0.3 is 5.73 Å². The molecule has 2 rings (SSSR count). The Balaban J connectivity index is 2.12. The molecule has 0 bridgehead atoms. The van der Waals surface area contributed by atoms with Gasteiger partial charge in [0.2, 0.25) is 0 Å². The Morgan fingerprint density at radius 2 is 2.25 bits per heavy atom. The van der Waals surface area contributed by atoms with Gasteiger partial charge in [-0.25, -0.2) is 4.39 Å². The first-order valence-corrected chi connectivity index (χ1v) is 8.10. The Morgan fingerprint density at radius 3 is 2.90 bits per heavy atom. The largest absolute Gasteiger partial charge is 0.330 e. The summed E-state index contributed by atoms with van der Waals surface area (Å²) in [5.74, 6) is -0.149. The average Bonchev–Trinajstić information content (AvgIpc) is 2.43.